The van der Waals surface area contributed by atoms with E-state index in [0.717, 1.165) is 31.5 Å². The number of methoxy groups -OCH3 is 1. The lowest BCUT2D eigenvalue weighted by molar-refractivity contribution is 0.189. The number of nitrogens with zero attached hydrogens (tertiary/aromatic N) is 1. The number of benzene rings is 2. The van der Waals surface area contributed by atoms with Gasteiger partial charge in [0.2, 0.25) is 0 Å². The van der Waals surface area contributed by atoms with Gasteiger partial charge in [0, 0.05) is 31.4 Å². The van der Waals surface area contributed by atoms with Gasteiger partial charge in [-0.1, -0.05) is 12.1 Å². The molecule has 0 atom stereocenters. The van der Waals surface area contributed by atoms with Crippen LogP contribution >= 0.6 is 0 Å². The number of ether oxygens (including phenoxy) is 1. The molecule has 0 radical (unpaired) electrons. The van der Waals surface area contributed by atoms with E-state index in [0.29, 0.717) is 12.2 Å². The molecular formula is C20H23F2N3O2. The van der Waals surface area contributed by atoms with E-state index in [-0.39, 0.29) is 23.6 Å². The Morgan fingerprint density at radius 3 is 2.63 bits per heavy atom. The molecule has 27 heavy (non-hydrogen) atoms. The van der Waals surface area contributed by atoms with Crippen molar-refractivity contribution in [3.8, 4) is 5.75 Å². The first-order valence-corrected chi connectivity index (χ1v) is 8.91. The topological polar surface area (TPSA) is 53.6 Å². The Bertz CT molecular complexity index is 793. The lowest BCUT2D eigenvalue weighted by Gasteiger charge is -2.32. The summed E-state index contributed by atoms with van der Waals surface area (Å²) < 4.78 is 31.9. The lowest BCUT2D eigenvalue weighted by atomic mass is 10.0. The van der Waals surface area contributed by atoms with Crippen LogP contribution in [-0.2, 0) is 6.54 Å². The van der Waals surface area contributed by atoms with Crippen LogP contribution < -0.4 is 15.4 Å². The Morgan fingerprint density at radius 2 is 1.96 bits per heavy atom. The van der Waals surface area contributed by atoms with Crippen LogP contribution in [0, 0.1) is 11.6 Å². The molecule has 2 aromatic carbocycles. The maximum Gasteiger partial charge on any atom is 0.319 e. The molecule has 1 aliphatic rings. The zero-order valence-corrected chi connectivity index (χ0v) is 15.2. The van der Waals surface area contributed by atoms with Gasteiger partial charge in [0.15, 0.2) is 11.6 Å². The number of rotatable bonds is 5. The summed E-state index contributed by atoms with van der Waals surface area (Å²) in [6, 6.07) is 10.5. The number of anilines is 1. The number of amides is 2. The summed E-state index contributed by atoms with van der Waals surface area (Å²) in [6.07, 6.45) is 1.60. The van der Waals surface area contributed by atoms with Gasteiger partial charge in [-0.05, 0) is 48.7 Å². The minimum absolute atomic E-state index is 0.0578. The fourth-order valence-electron chi connectivity index (χ4n) is 3.22. The first-order valence-electron chi connectivity index (χ1n) is 8.91. The number of likely N-dealkylation sites (tertiary alicyclic amines) is 1. The molecule has 1 fully saturated rings. The van der Waals surface area contributed by atoms with E-state index >= 15 is 0 Å². The summed E-state index contributed by atoms with van der Waals surface area (Å²) in [5.74, 6) is -0.511. The van der Waals surface area contributed by atoms with Crippen LogP contribution in [0.25, 0.3) is 0 Å². The lowest BCUT2D eigenvalue weighted by Crippen LogP contribution is -2.45. The van der Waals surface area contributed by atoms with Gasteiger partial charge >= 0.3 is 6.03 Å². The monoisotopic (exact) mass is 375 g/mol. The normalized spacial score (nSPS) is 15.4. The number of nitrogens with one attached hydrogen (secondary N) is 2. The molecule has 0 aliphatic carbocycles. The summed E-state index contributed by atoms with van der Waals surface area (Å²) >= 11 is 0. The van der Waals surface area contributed by atoms with Gasteiger partial charge in [0.1, 0.15) is 5.82 Å². The Morgan fingerprint density at radius 1 is 1.19 bits per heavy atom. The van der Waals surface area contributed by atoms with Crippen molar-refractivity contribution in [2.45, 2.75) is 25.4 Å². The number of hydrogen-bond acceptors (Lipinski definition) is 3. The van der Waals surface area contributed by atoms with Gasteiger partial charge in [0.25, 0.3) is 0 Å². The number of carbonyl (C=O) groups is 1. The highest BCUT2D eigenvalue weighted by Gasteiger charge is 2.21. The van der Waals surface area contributed by atoms with Crippen LogP contribution in [0.5, 0.6) is 5.75 Å². The van der Waals surface area contributed by atoms with Crippen molar-refractivity contribution in [2.24, 2.45) is 0 Å². The molecule has 1 saturated heterocycles. The van der Waals surface area contributed by atoms with Gasteiger partial charge in [0.05, 0.1) is 7.11 Å². The molecule has 2 N–H and O–H groups in total. The van der Waals surface area contributed by atoms with E-state index in [4.69, 9.17) is 4.74 Å². The van der Waals surface area contributed by atoms with Crippen LogP contribution in [0.1, 0.15) is 18.4 Å². The van der Waals surface area contributed by atoms with E-state index in [1.165, 1.54) is 25.3 Å². The Hall–Kier alpha value is -2.67. The molecule has 2 aromatic rings. The number of halogens is 2. The quantitative estimate of drug-likeness (QED) is 0.837. The maximum absolute atomic E-state index is 13.8. The summed E-state index contributed by atoms with van der Waals surface area (Å²) in [5.41, 5.74) is 1.31. The fourth-order valence-corrected chi connectivity index (χ4v) is 3.22. The third-order valence-electron chi connectivity index (χ3n) is 4.63. The SMILES string of the molecule is COc1ccc(CN2CCC(NC(=O)Nc3cccc(F)c3)CC2)cc1F. The first kappa shape index (κ1) is 19.1. The van der Waals surface area contributed by atoms with Crippen LogP contribution in [-0.4, -0.2) is 37.2 Å². The second kappa shape index (κ2) is 8.81. The molecule has 0 saturated carbocycles. The minimum atomic E-state index is -0.393. The number of piperidine rings is 1. The van der Waals surface area contributed by atoms with Gasteiger partial charge in [-0.15, -0.1) is 0 Å². The zero-order valence-electron chi connectivity index (χ0n) is 15.2. The molecule has 0 spiro atoms. The van der Waals surface area contributed by atoms with Gasteiger partial charge in [-0.2, -0.15) is 0 Å². The van der Waals surface area contributed by atoms with E-state index in [9.17, 15) is 13.6 Å². The average molecular weight is 375 g/mol. The molecule has 0 bridgehead atoms. The smallest absolute Gasteiger partial charge is 0.319 e. The molecule has 0 aromatic heterocycles. The van der Waals surface area contributed by atoms with Crippen molar-refractivity contribution < 1.29 is 18.3 Å². The molecule has 144 valence electrons. The average Bonchev–Trinajstić information content (AvgIpc) is 2.63. The Balaban J connectivity index is 1.44. The molecular weight excluding hydrogens is 352 g/mol. The molecule has 7 heteroatoms. The van der Waals surface area contributed by atoms with E-state index < -0.39 is 5.82 Å². The predicted molar refractivity (Wildman–Crippen MR) is 99.8 cm³/mol. The molecule has 1 heterocycles. The predicted octanol–water partition coefficient (Wildman–Crippen LogP) is 3.76. The van der Waals surface area contributed by atoms with E-state index in [2.05, 4.69) is 15.5 Å². The van der Waals surface area contributed by atoms with Gasteiger partial charge in [-0.3, -0.25) is 4.90 Å². The molecule has 2 amide bonds. The zero-order chi connectivity index (χ0) is 19.2. The van der Waals surface area contributed by atoms with Crippen molar-refractivity contribution in [1.82, 2.24) is 10.2 Å². The molecule has 0 unspecified atom stereocenters. The highest BCUT2D eigenvalue weighted by atomic mass is 19.1. The Labute approximate surface area is 157 Å². The maximum atomic E-state index is 13.8. The third-order valence-corrected chi connectivity index (χ3v) is 4.63. The number of hydrogen-bond donors (Lipinski definition) is 2. The third kappa shape index (κ3) is 5.40. The van der Waals surface area contributed by atoms with Gasteiger partial charge in [-0.25, -0.2) is 13.6 Å². The highest BCUT2D eigenvalue weighted by Crippen LogP contribution is 2.20. The van der Waals surface area contributed by atoms with Crippen molar-refractivity contribution in [3.05, 3.63) is 59.7 Å². The van der Waals surface area contributed by atoms with Crippen molar-refractivity contribution in [2.75, 3.05) is 25.5 Å². The van der Waals surface area contributed by atoms with Crippen molar-refractivity contribution in [3.63, 3.8) is 0 Å². The molecule has 5 nitrogen and oxygen atoms in total. The van der Waals surface area contributed by atoms with Crippen LogP contribution in [0.3, 0.4) is 0 Å². The van der Waals surface area contributed by atoms with E-state index in [1.807, 2.05) is 6.07 Å². The summed E-state index contributed by atoms with van der Waals surface area (Å²) in [6.45, 7) is 2.26. The number of carbonyl (C=O) groups excluding carboxylic acids is 1. The summed E-state index contributed by atoms with van der Waals surface area (Å²) in [5, 5.41) is 5.56. The largest absolute Gasteiger partial charge is 0.494 e. The summed E-state index contributed by atoms with van der Waals surface area (Å²) in [4.78, 5) is 14.3. The second-order valence-corrected chi connectivity index (χ2v) is 6.63. The molecule has 1 aliphatic heterocycles. The fraction of sp³-hybridized carbons (Fsp3) is 0.350. The first-order chi connectivity index (χ1) is 13.0. The highest BCUT2D eigenvalue weighted by molar-refractivity contribution is 5.89. The van der Waals surface area contributed by atoms with Crippen molar-refractivity contribution >= 4 is 11.7 Å². The number of urea groups is 1. The van der Waals surface area contributed by atoms with Crippen LogP contribution in [0.15, 0.2) is 42.5 Å². The van der Waals surface area contributed by atoms with E-state index in [1.54, 1.807) is 18.2 Å². The second-order valence-electron chi connectivity index (χ2n) is 6.63. The standard InChI is InChI=1S/C20H23F2N3O2/c1-27-19-6-5-14(11-18(19)22)13-25-9-7-16(8-10-25)23-20(26)24-17-4-2-3-15(21)12-17/h2-6,11-12,16H,7-10,13H2,1H3,(H2,23,24,26). The van der Waals surface area contributed by atoms with Crippen LogP contribution in [0.4, 0.5) is 19.3 Å². The molecule has 3 rings (SSSR count). The summed E-state index contributed by atoms with van der Waals surface area (Å²) in [7, 11) is 1.44. The van der Waals surface area contributed by atoms with Crippen LogP contribution in [0.2, 0.25) is 0 Å². The Kier molecular flexibility index (Phi) is 6.24. The minimum Gasteiger partial charge on any atom is -0.494 e. The van der Waals surface area contributed by atoms with Crippen molar-refractivity contribution in [1.29, 1.82) is 0 Å². The van der Waals surface area contributed by atoms with Gasteiger partial charge < -0.3 is 15.4 Å².